The van der Waals surface area contributed by atoms with Gasteiger partial charge >= 0.3 is 0 Å². The van der Waals surface area contributed by atoms with Crippen molar-refractivity contribution in [3.05, 3.63) is 41.6 Å². The zero-order chi connectivity index (χ0) is 21.6. The van der Waals surface area contributed by atoms with Crippen LogP contribution in [0.4, 0.5) is 0 Å². The number of hydrogen-bond donors (Lipinski definition) is 2. The maximum Gasteiger partial charge on any atom is 0.213 e. The van der Waals surface area contributed by atoms with Crippen molar-refractivity contribution in [1.82, 2.24) is 15.6 Å². The predicted molar refractivity (Wildman–Crippen MR) is 118 cm³/mol. The van der Waals surface area contributed by atoms with Crippen LogP contribution in [0.2, 0.25) is 0 Å². The Morgan fingerprint density at radius 2 is 1.90 bits per heavy atom. The molecule has 1 saturated carbocycles. The summed E-state index contributed by atoms with van der Waals surface area (Å²) < 4.78 is 17.5. The van der Waals surface area contributed by atoms with Gasteiger partial charge in [0.25, 0.3) is 0 Å². The maximum absolute atomic E-state index is 6.19. The minimum Gasteiger partial charge on any atom is -0.493 e. The summed E-state index contributed by atoms with van der Waals surface area (Å²) in [6.45, 7) is 7.39. The number of aliphatic imine (C=N–C) groups is 1. The van der Waals surface area contributed by atoms with E-state index < -0.39 is 0 Å². The van der Waals surface area contributed by atoms with E-state index in [1.807, 2.05) is 18.2 Å². The van der Waals surface area contributed by atoms with Gasteiger partial charge in [0.2, 0.25) is 5.89 Å². The second kappa shape index (κ2) is 9.87. The van der Waals surface area contributed by atoms with Crippen molar-refractivity contribution < 1.29 is 13.9 Å². The molecule has 0 bridgehead atoms. The highest BCUT2D eigenvalue weighted by molar-refractivity contribution is 5.79. The number of guanidine groups is 1. The lowest BCUT2D eigenvalue weighted by Gasteiger charge is -2.17. The topological polar surface area (TPSA) is 80.9 Å². The van der Waals surface area contributed by atoms with E-state index in [1.165, 1.54) is 12.8 Å². The highest BCUT2D eigenvalue weighted by Gasteiger charge is 2.20. The van der Waals surface area contributed by atoms with Gasteiger partial charge < -0.3 is 24.5 Å². The van der Waals surface area contributed by atoms with Gasteiger partial charge in [-0.15, -0.1) is 0 Å². The average molecular weight is 415 g/mol. The molecule has 1 aromatic heterocycles. The number of nitrogens with one attached hydrogen (secondary N) is 2. The van der Waals surface area contributed by atoms with Crippen molar-refractivity contribution in [3.63, 3.8) is 0 Å². The number of oxazole rings is 1. The van der Waals surface area contributed by atoms with Crippen LogP contribution < -0.4 is 20.1 Å². The molecule has 0 radical (unpaired) electrons. The summed E-state index contributed by atoms with van der Waals surface area (Å²) >= 11 is 0. The Kier molecular flexibility index (Phi) is 7.24. The van der Waals surface area contributed by atoms with E-state index in [2.05, 4.69) is 41.4 Å². The van der Waals surface area contributed by atoms with Crippen LogP contribution in [0.3, 0.4) is 0 Å². The van der Waals surface area contributed by atoms with E-state index in [9.17, 15) is 0 Å². The van der Waals surface area contributed by atoms with Gasteiger partial charge in [-0.3, -0.25) is 4.99 Å². The molecular formula is C23H34N4O3. The molecule has 1 aromatic carbocycles. The van der Waals surface area contributed by atoms with Crippen LogP contribution in [0.1, 0.15) is 63.7 Å². The fourth-order valence-electron chi connectivity index (χ4n) is 3.41. The molecule has 0 saturated heterocycles. The quantitative estimate of drug-likeness (QED) is 0.523. The number of benzene rings is 1. The summed E-state index contributed by atoms with van der Waals surface area (Å²) in [6, 6.07) is 6.03. The third-order valence-electron chi connectivity index (χ3n) is 5.21. The van der Waals surface area contributed by atoms with Gasteiger partial charge in [0.15, 0.2) is 17.5 Å². The first-order valence-corrected chi connectivity index (χ1v) is 10.6. The number of aromatic nitrogens is 1. The number of ether oxygens (including phenoxy) is 2. The smallest absolute Gasteiger partial charge is 0.213 e. The highest BCUT2D eigenvalue weighted by Crippen LogP contribution is 2.32. The molecule has 0 atom stereocenters. The van der Waals surface area contributed by atoms with Crippen LogP contribution in [0.25, 0.3) is 0 Å². The van der Waals surface area contributed by atoms with E-state index in [4.69, 9.17) is 13.9 Å². The first-order valence-electron chi connectivity index (χ1n) is 10.6. The lowest BCUT2D eigenvalue weighted by molar-refractivity contribution is 0.200. The monoisotopic (exact) mass is 414 g/mol. The minimum atomic E-state index is -0.0577. The molecular weight excluding hydrogens is 380 g/mol. The summed E-state index contributed by atoms with van der Waals surface area (Å²) in [5.74, 6) is 3.77. The lowest BCUT2D eigenvalue weighted by atomic mass is 9.94. The van der Waals surface area contributed by atoms with Gasteiger partial charge in [-0.05, 0) is 43.4 Å². The molecule has 1 fully saturated rings. The molecule has 7 nitrogen and oxygen atoms in total. The molecule has 1 heterocycles. The Morgan fingerprint density at radius 3 is 2.53 bits per heavy atom. The molecule has 7 heteroatoms. The van der Waals surface area contributed by atoms with E-state index in [0.717, 1.165) is 35.7 Å². The van der Waals surface area contributed by atoms with Gasteiger partial charge in [0.05, 0.1) is 26.0 Å². The maximum atomic E-state index is 6.19. The molecule has 3 rings (SSSR count). The van der Waals surface area contributed by atoms with Crippen LogP contribution in [0.15, 0.2) is 33.8 Å². The molecule has 2 N–H and O–H groups in total. The van der Waals surface area contributed by atoms with Gasteiger partial charge in [0, 0.05) is 19.0 Å². The van der Waals surface area contributed by atoms with Crippen LogP contribution in [0, 0.1) is 0 Å². The third kappa shape index (κ3) is 5.90. The van der Waals surface area contributed by atoms with Crippen molar-refractivity contribution in [3.8, 4) is 11.5 Å². The zero-order valence-corrected chi connectivity index (χ0v) is 18.7. The normalized spacial score (nSPS) is 15.3. The number of nitrogens with zero attached hydrogens (tertiary/aromatic N) is 2. The number of hydrogen-bond acceptors (Lipinski definition) is 5. The first kappa shape index (κ1) is 22.0. The largest absolute Gasteiger partial charge is 0.493 e. The molecule has 30 heavy (non-hydrogen) atoms. The Morgan fingerprint density at radius 1 is 1.17 bits per heavy atom. The van der Waals surface area contributed by atoms with Crippen molar-refractivity contribution in [2.45, 2.75) is 71.1 Å². The Labute approximate surface area is 179 Å². The predicted octanol–water partition coefficient (Wildman–Crippen LogP) is 4.17. The summed E-state index contributed by atoms with van der Waals surface area (Å²) in [4.78, 5) is 8.63. The Hall–Kier alpha value is -2.70. The SMILES string of the molecule is CN=C(NCc1ccc(OC)c(OC2CCCC2)c1)NCc1ncc(C(C)(C)C)o1. The van der Waals surface area contributed by atoms with Crippen molar-refractivity contribution in [2.24, 2.45) is 4.99 Å². The number of rotatable bonds is 7. The van der Waals surface area contributed by atoms with Crippen LogP contribution in [-0.4, -0.2) is 31.2 Å². The first-order chi connectivity index (χ1) is 14.4. The number of methoxy groups -OCH3 is 1. The minimum absolute atomic E-state index is 0.0577. The van der Waals surface area contributed by atoms with E-state index >= 15 is 0 Å². The molecule has 2 aromatic rings. The molecule has 1 aliphatic carbocycles. The van der Waals surface area contributed by atoms with Crippen molar-refractivity contribution >= 4 is 5.96 Å². The zero-order valence-electron chi connectivity index (χ0n) is 18.7. The molecule has 0 spiro atoms. The standard InChI is InChI=1S/C23H34N4O3/c1-23(2,3)20-14-25-21(30-20)15-27-22(24-4)26-13-16-10-11-18(28-5)19(12-16)29-17-8-6-7-9-17/h10-12,14,17H,6-9,13,15H2,1-5H3,(H2,24,26,27). The van der Waals surface area contributed by atoms with Crippen molar-refractivity contribution in [1.29, 1.82) is 0 Å². The summed E-state index contributed by atoms with van der Waals surface area (Å²) in [6.07, 6.45) is 6.77. The van der Waals surface area contributed by atoms with Crippen LogP contribution >= 0.6 is 0 Å². The summed E-state index contributed by atoms with van der Waals surface area (Å²) in [5, 5.41) is 6.57. The van der Waals surface area contributed by atoms with Gasteiger partial charge in [-0.1, -0.05) is 26.8 Å². The average Bonchev–Trinajstić information content (AvgIpc) is 3.40. The summed E-state index contributed by atoms with van der Waals surface area (Å²) in [5.41, 5.74) is 1.04. The molecule has 0 amide bonds. The second-order valence-corrected chi connectivity index (χ2v) is 8.66. The van der Waals surface area contributed by atoms with E-state index in [0.29, 0.717) is 24.9 Å². The highest BCUT2D eigenvalue weighted by atomic mass is 16.5. The molecule has 0 aliphatic heterocycles. The van der Waals surface area contributed by atoms with Crippen LogP contribution in [0.5, 0.6) is 11.5 Å². The second-order valence-electron chi connectivity index (χ2n) is 8.66. The molecule has 164 valence electrons. The Balaban J connectivity index is 1.55. The lowest BCUT2D eigenvalue weighted by Crippen LogP contribution is -2.36. The fourth-order valence-corrected chi connectivity index (χ4v) is 3.41. The van der Waals surface area contributed by atoms with Gasteiger partial charge in [-0.25, -0.2) is 4.98 Å². The van der Waals surface area contributed by atoms with Gasteiger partial charge in [0.1, 0.15) is 5.76 Å². The van der Waals surface area contributed by atoms with E-state index in [1.54, 1.807) is 20.4 Å². The van der Waals surface area contributed by atoms with Crippen molar-refractivity contribution in [2.75, 3.05) is 14.2 Å². The Bertz CT molecular complexity index is 848. The fraction of sp³-hybridized carbons (Fsp3) is 0.565. The van der Waals surface area contributed by atoms with E-state index in [-0.39, 0.29) is 11.5 Å². The molecule has 1 aliphatic rings. The third-order valence-corrected chi connectivity index (χ3v) is 5.21. The summed E-state index contributed by atoms with van der Waals surface area (Å²) in [7, 11) is 3.42. The van der Waals surface area contributed by atoms with Crippen LogP contribution in [-0.2, 0) is 18.5 Å². The molecule has 0 unspecified atom stereocenters. The van der Waals surface area contributed by atoms with Gasteiger partial charge in [-0.2, -0.15) is 0 Å².